The number of ether oxygens (including phenoxy) is 3. The quantitative estimate of drug-likeness (QED) is 0.622. The molecule has 7 heteroatoms. The van der Waals surface area contributed by atoms with Crippen LogP contribution in [0.2, 0.25) is 0 Å². The highest BCUT2D eigenvalue weighted by Crippen LogP contribution is 2.37. The maximum atomic E-state index is 12.1. The third-order valence-corrected chi connectivity index (χ3v) is 3.96. The van der Waals surface area contributed by atoms with E-state index in [1.807, 2.05) is 0 Å². The molecular weight excluding hydrogens is 264 g/mol. The Morgan fingerprint density at radius 3 is 2.90 bits per heavy atom. The maximum Gasteiger partial charge on any atom is 0.252 e. The Labute approximate surface area is 117 Å². The Bertz CT molecular complexity index is 383. The van der Waals surface area contributed by atoms with Crippen LogP contribution in [0, 0.1) is 0 Å². The Balaban J connectivity index is 1.52. The first-order valence-corrected chi connectivity index (χ1v) is 7.16. The number of carbonyl (C=O) groups is 1. The molecule has 3 aliphatic rings. The third kappa shape index (κ3) is 2.68. The number of amides is 1. The normalized spacial score (nSPS) is 42.6. The number of fused-ring (bicyclic) bond motifs is 1. The van der Waals surface area contributed by atoms with Gasteiger partial charge in [-0.3, -0.25) is 4.79 Å². The standard InChI is InChI=1S/C13H22N2O5/c1-13(2)19-10-8(16)9(18-12(10)20-13)11(17)15-6-7-4-3-5-14-7/h7-10,12,14,16H,3-6H2,1-2H3,(H,15,17)/t7-,8+,9-,10+,12+/m0/s1. The van der Waals surface area contributed by atoms with Crippen LogP contribution in [0.15, 0.2) is 0 Å². The molecule has 3 aliphatic heterocycles. The summed E-state index contributed by atoms with van der Waals surface area (Å²) in [6.07, 6.45) is -1.03. The lowest BCUT2D eigenvalue weighted by Crippen LogP contribution is -2.47. The lowest BCUT2D eigenvalue weighted by Gasteiger charge is -2.23. The van der Waals surface area contributed by atoms with Crippen LogP contribution >= 0.6 is 0 Å². The molecule has 0 unspecified atom stereocenters. The zero-order chi connectivity index (χ0) is 14.3. The summed E-state index contributed by atoms with van der Waals surface area (Å²) >= 11 is 0. The molecule has 0 aliphatic carbocycles. The van der Waals surface area contributed by atoms with Gasteiger partial charge in [0.05, 0.1) is 0 Å². The van der Waals surface area contributed by atoms with E-state index >= 15 is 0 Å². The van der Waals surface area contributed by atoms with Crippen molar-refractivity contribution in [3.05, 3.63) is 0 Å². The molecule has 0 saturated carbocycles. The number of aliphatic hydroxyl groups is 1. The zero-order valence-electron chi connectivity index (χ0n) is 11.8. The average Bonchev–Trinajstić information content (AvgIpc) is 3.04. The van der Waals surface area contributed by atoms with Crippen LogP contribution in [0.25, 0.3) is 0 Å². The van der Waals surface area contributed by atoms with Crippen molar-refractivity contribution in [3.8, 4) is 0 Å². The monoisotopic (exact) mass is 286 g/mol. The van der Waals surface area contributed by atoms with Crippen LogP contribution in [0.1, 0.15) is 26.7 Å². The highest BCUT2D eigenvalue weighted by Gasteiger charge is 2.56. The summed E-state index contributed by atoms with van der Waals surface area (Å²) in [5.74, 6) is -1.10. The smallest absolute Gasteiger partial charge is 0.252 e. The Hall–Kier alpha value is -0.730. The molecule has 0 bridgehead atoms. The van der Waals surface area contributed by atoms with E-state index in [2.05, 4.69) is 10.6 Å². The van der Waals surface area contributed by atoms with Crippen molar-refractivity contribution in [3.63, 3.8) is 0 Å². The Morgan fingerprint density at radius 1 is 1.45 bits per heavy atom. The second kappa shape index (κ2) is 5.23. The maximum absolute atomic E-state index is 12.1. The number of hydrogen-bond donors (Lipinski definition) is 3. The predicted molar refractivity (Wildman–Crippen MR) is 68.7 cm³/mol. The van der Waals surface area contributed by atoms with E-state index < -0.39 is 30.4 Å². The molecule has 7 nitrogen and oxygen atoms in total. The van der Waals surface area contributed by atoms with Crippen molar-refractivity contribution in [2.24, 2.45) is 0 Å². The Kier molecular flexibility index (Phi) is 3.72. The minimum atomic E-state index is -1.00. The van der Waals surface area contributed by atoms with E-state index in [0.717, 1.165) is 19.4 Å². The SMILES string of the molecule is CC1(C)O[C@H]2O[C@H](C(=O)NC[C@@H]3CCCN3)[C@@H](O)[C@H]2O1. The van der Waals surface area contributed by atoms with Crippen LogP contribution < -0.4 is 10.6 Å². The summed E-state index contributed by atoms with van der Waals surface area (Å²) in [6, 6.07) is 0.309. The molecule has 1 amide bonds. The Morgan fingerprint density at radius 2 is 2.25 bits per heavy atom. The molecule has 114 valence electrons. The molecule has 20 heavy (non-hydrogen) atoms. The number of carbonyl (C=O) groups excluding carboxylic acids is 1. The summed E-state index contributed by atoms with van der Waals surface area (Å²) in [5, 5.41) is 16.3. The van der Waals surface area contributed by atoms with E-state index in [-0.39, 0.29) is 5.91 Å². The van der Waals surface area contributed by atoms with Gasteiger partial charge in [0.1, 0.15) is 12.2 Å². The van der Waals surface area contributed by atoms with E-state index in [9.17, 15) is 9.90 Å². The van der Waals surface area contributed by atoms with Crippen molar-refractivity contribution < 1.29 is 24.1 Å². The highest BCUT2D eigenvalue weighted by atomic mass is 16.8. The fourth-order valence-corrected chi connectivity index (χ4v) is 2.96. The molecule has 3 heterocycles. The molecular formula is C13H22N2O5. The summed E-state index contributed by atoms with van der Waals surface area (Å²) < 4.78 is 16.5. The number of rotatable bonds is 3. The van der Waals surface area contributed by atoms with Gasteiger partial charge < -0.3 is 30.0 Å². The summed E-state index contributed by atoms with van der Waals surface area (Å²) in [4.78, 5) is 12.1. The number of aliphatic hydroxyl groups excluding tert-OH is 1. The molecule has 5 atom stereocenters. The van der Waals surface area contributed by atoms with Gasteiger partial charge in [0.15, 0.2) is 18.2 Å². The van der Waals surface area contributed by atoms with E-state index in [1.54, 1.807) is 13.8 Å². The zero-order valence-corrected chi connectivity index (χ0v) is 11.8. The van der Waals surface area contributed by atoms with Crippen molar-refractivity contribution in [1.82, 2.24) is 10.6 Å². The van der Waals surface area contributed by atoms with Crippen LogP contribution in [0.3, 0.4) is 0 Å². The van der Waals surface area contributed by atoms with Crippen LogP contribution in [0.4, 0.5) is 0 Å². The first-order chi connectivity index (χ1) is 9.46. The van der Waals surface area contributed by atoms with Crippen LogP contribution in [-0.2, 0) is 19.0 Å². The van der Waals surface area contributed by atoms with Gasteiger partial charge in [-0.25, -0.2) is 0 Å². The van der Waals surface area contributed by atoms with Gasteiger partial charge in [0.2, 0.25) is 0 Å². The summed E-state index contributed by atoms with van der Waals surface area (Å²) in [7, 11) is 0. The van der Waals surface area contributed by atoms with Gasteiger partial charge in [-0.1, -0.05) is 0 Å². The van der Waals surface area contributed by atoms with Gasteiger partial charge in [-0.05, 0) is 33.2 Å². The molecule has 3 rings (SSSR count). The molecule has 0 aromatic rings. The topological polar surface area (TPSA) is 89.1 Å². The van der Waals surface area contributed by atoms with Crippen molar-refractivity contribution in [1.29, 1.82) is 0 Å². The first-order valence-electron chi connectivity index (χ1n) is 7.16. The first kappa shape index (κ1) is 14.2. The highest BCUT2D eigenvalue weighted by molar-refractivity contribution is 5.82. The van der Waals surface area contributed by atoms with E-state index in [1.165, 1.54) is 0 Å². The molecule has 3 fully saturated rings. The number of nitrogens with one attached hydrogen (secondary N) is 2. The molecule has 0 spiro atoms. The molecule has 3 N–H and O–H groups in total. The lowest BCUT2D eigenvalue weighted by molar-refractivity contribution is -0.214. The van der Waals surface area contributed by atoms with E-state index in [4.69, 9.17) is 14.2 Å². The van der Waals surface area contributed by atoms with Gasteiger partial charge in [-0.15, -0.1) is 0 Å². The third-order valence-electron chi connectivity index (χ3n) is 3.96. The van der Waals surface area contributed by atoms with Gasteiger partial charge in [0, 0.05) is 12.6 Å². The second-order valence-electron chi connectivity index (χ2n) is 6.05. The summed E-state index contributed by atoms with van der Waals surface area (Å²) in [6.45, 7) is 5.04. The van der Waals surface area contributed by atoms with Crippen molar-refractivity contribution >= 4 is 5.91 Å². The predicted octanol–water partition coefficient (Wildman–Crippen LogP) is -0.908. The van der Waals surface area contributed by atoms with Crippen LogP contribution in [-0.4, -0.2) is 60.5 Å². The molecule has 0 aromatic carbocycles. The minimum Gasteiger partial charge on any atom is -0.387 e. The average molecular weight is 286 g/mol. The van der Waals surface area contributed by atoms with Crippen molar-refractivity contribution in [2.75, 3.05) is 13.1 Å². The fraction of sp³-hybridized carbons (Fsp3) is 0.923. The molecule has 0 aromatic heterocycles. The van der Waals surface area contributed by atoms with Gasteiger partial charge in [0.25, 0.3) is 5.91 Å². The lowest BCUT2D eigenvalue weighted by atomic mass is 10.1. The summed E-state index contributed by atoms with van der Waals surface area (Å²) in [5.41, 5.74) is 0. The molecule has 3 saturated heterocycles. The molecule has 0 radical (unpaired) electrons. The van der Waals surface area contributed by atoms with Crippen LogP contribution in [0.5, 0.6) is 0 Å². The fourth-order valence-electron chi connectivity index (χ4n) is 2.96. The largest absolute Gasteiger partial charge is 0.387 e. The van der Waals surface area contributed by atoms with Crippen molar-refractivity contribution in [2.45, 2.75) is 63.1 Å². The van der Waals surface area contributed by atoms with Gasteiger partial charge >= 0.3 is 0 Å². The van der Waals surface area contributed by atoms with E-state index in [0.29, 0.717) is 12.6 Å². The minimum absolute atomic E-state index is 0.309. The second-order valence-corrected chi connectivity index (χ2v) is 6.05. The van der Waals surface area contributed by atoms with Gasteiger partial charge in [-0.2, -0.15) is 0 Å². The number of hydrogen-bond acceptors (Lipinski definition) is 6.